The molecule has 160 valence electrons. The van der Waals surface area contributed by atoms with E-state index >= 15 is 0 Å². The van der Waals surface area contributed by atoms with Gasteiger partial charge in [-0.25, -0.2) is 4.99 Å². The van der Waals surface area contributed by atoms with Crippen molar-refractivity contribution in [2.45, 2.75) is 6.92 Å². The van der Waals surface area contributed by atoms with Crippen molar-refractivity contribution in [3.05, 3.63) is 68.6 Å². The van der Waals surface area contributed by atoms with Gasteiger partial charge in [0, 0.05) is 43.5 Å². The second-order valence-electron chi connectivity index (χ2n) is 7.30. The van der Waals surface area contributed by atoms with E-state index in [4.69, 9.17) is 4.74 Å². The number of rotatable bonds is 4. The number of benzene rings is 2. The molecule has 0 saturated carbocycles. The molecular formula is C22H22N4O4S. The highest BCUT2D eigenvalue weighted by Crippen LogP contribution is 2.36. The molecule has 0 spiro atoms. The Morgan fingerprint density at radius 3 is 2.55 bits per heavy atom. The third-order valence-electron chi connectivity index (χ3n) is 5.12. The highest BCUT2D eigenvalue weighted by molar-refractivity contribution is 8.18. The van der Waals surface area contributed by atoms with Crippen LogP contribution >= 0.6 is 11.8 Å². The molecule has 0 aromatic heterocycles. The van der Waals surface area contributed by atoms with Crippen LogP contribution in [0.4, 0.5) is 17.1 Å². The van der Waals surface area contributed by atoms with Crippen LogP contribution in [0.3, 0.4) is 0 Å². The monoisotopic (exact) mass is 438 g/mol. The van der Waals surface area contributed by atoms with Crippen molar-refractivity contribution >= 4 is 46.0 Å². The van der Waals surface area contributed by atoms with E-state index in [1.54, 1.807) is 19.2 Å². The number of amidine groups is 1. The van der Waals surface area contributed by atoms with Gasteiger partial charge in [0.05, 0.1) is 28.7 Å². The SMILES string of the molecule is Cc1ccc(N=C2S/C(=C/c3cc([N+](=O)[O-])ccc3N3CCOCC3)C(=O)N2C)cc1. The van der Waals surface area contributed by atoms with E-state index in [9.17, 15) is 14.9 Å². The summed E-state index contributed by atoms with van der Waals surface area (Å²) >= 11 is 1.26. The van der Waals surface area contributed by atoms with Gasteiger partial charge in [0.2, 0.25) is 0 Å². The predicted octanol–water partition coefficient (Wildman–Crippen LogP) is 3.97. The van der Waals surface area contributed by atoms with Crippen LogP contribution in [-0.4, -0.2) is 54.2 Å². The van der Waals surface area contributed by atoms with E-state index in [1.807, 2.05) is 31.2 Å². The molecule has 2 aliphatic rings. The Balaban J connectivity index is 1.69. The lowest BCUT2D eigenvalue weighted by molar-refractivity contribution is -0.384. The number of nitrogens with zero attached hydrogens (tertiary/aromatic N) is 4. The number of thioether (sulfide) groups is 1. The van der Waals surface area contributed by atoms with Crippen molar-refractivity contribution in [2.75, 3.05) is 38.3 Å². The van der Waals surface area contributed by atoms with Crippen LogP contribution < -0.4 is 4.90 Å². The smallest absolute Gasteiger partial charge is 0.270 e. The number of nitro groups is 1. The van der Waals surface area contributed by atoms with Crippen molar-refractivity contribution in [3.63, 3.8) is 0 Å². The van der Waals surface area contributed by atoms with Gasteiger partial charge in [0.1, 0.15) is 0 Å². The second kappa shape index (κ2) is 8.91. The van der Waals surface area contributed by atoms with Gasteiger partial charge in [-0.05, 0) is 43.0 Å². The number of hydrogen-bond acceptors (Lipinski definition) is 7. The molecule has 2 fully saturated rings. The first-order chi connectivity index (χ1) is 14.9. The lowest BCUT2D eigenvalue weighted by Crippen LogP contribution is -2.36. The quantitative estimate of drug-likeness (QED) is 0.408. The molecule has 2 saturated heterocycles. The number of likely N-dealkylation sites (N-methyl/N-ethyl adjacent to an activating group) is 1. The average molecular weight is 439 g/mol. The summed E-state index contributed by atoms with van der Waals surface area (Å²) in [5.41, 5.74) is 3.37. The number of anilines is 1. The zero-order valence-corrected chi connectivity index (χ0v) is 18.1. The maximum atomic E-state index is 12.9. The molecule has 0 atom stereocenters. The molecule has 4 rings (SSSR count). The molecule has 8 nitrogen and oxygen atoms in total. The summed E-state index contributed by atoms with van der Waals surface area (Å²) in [6.07, 6.45) is 1.72. The Morgan fingerprint density at radius 2 is 1.87 bits per heavy atom. The van der Waals surface area contributed by atoms with Crippen LogP contribution in [-0.2, 0) is 9.53 Å². The van der Waals surface area contributed by atoms with Gasteiger partial charge < -0.3 is 9.64 Å². The summed E-state index contributed by atoms with van der Waals surface area (Å²) in [6, 6.07) is 12.5. The summed E-state index contributed by atoms with van der Waals surface area (Å²) in [5, 5.41) is 11.9. The maximum Gasteiger partial charge on any atom is 0.270 e. The van der Waals surface area contributed by atoms with Crippen LogP contribution in [0.2, 0.25) is 0 Å². The number of ether oxygens (including phenoxy) is 1. The third-order valence-corrected chi connectivity index (χ3v) is 6.18. The molecule has 9 heteroatoms. The number of hydrogen-bond donors (Lipinski definition) is 0. The van der Waals surface area contributed by atoms with Gasteiger partial charge in [-0.15, -0.1) is 0 Å². The first kappa shape index (κ1) is 21.1. The van der Waals surface area contributed by atoms with E-state index in [0.717, 1.165) is 16.9 Å². The summed E-state index contributed by atoms with van der Waals surface area (Å²) in [5.74, 6) is -0.185. The minimum Gasteiger partial charge on any atom is -0.378 e. The second-order valence-corrected chi connectivity index (χ2v) is 8.31. The fourth-order valence-electron chi connectivity index (χ4n) is 3.39. The van der Waals surface area contributed by atoms with E-state index < -0.39 is 4.92 Å². The summed E-state index contributed by atoms with van der Waals surface area (Å²) in [7, 11) is 1.68. The Labute approximate surface area is 184 Å². The molecule has 0 unspecified atom stereocenters. The Hall–Kier alpha value is -3.17. The van der Waals surface area contributed by atoms with Crippen molar-refractivity contribution < 1.29 is 14.5 Å². The van der Waals surface area contributed by atoms with Crippen LogP contribution in [0.25, 0.3) is 6.08 Å². The lowest BCUT2D eigenvalue weighted by Gasteiger charge is -2.30. The molecule has 0 bridgehead atoms. The molecule has 2 aromatic carbocycles. The van der Waals surface area contributed by atoms with Gasteiger partial charge in [-0.3, -0.25) is 19.8 Å². The van der Waals surface area contributed by atoms with E-state index in [-0.39, 0.29) is 11.6 Å². The fourth-order valence-corrected chi connectivity index (χ4v) is 4.36. The number of morpholine rings is 1. The van der Waals surface area contributed by atoms with Crippen molar-refractivity contribution in [2.24, 2.45) is 4.99 Å². The summed E-state index contributed by atoms with van der Waals surface area (Å²) in [4.78, 5) is 32.4. The van der Waals surface area contributed by atoms with Gasteiger partial charge >= 0.3 is 0 Å². The molecular weight excluding hydrogens is 416 g/mol. The molecule has 2 heterocycles. The summed E-state index contributed by atoms with van der Waals surface area (Å²) < 4.78 is 5.42. The molecule has 31 heavy (non-hydrogen) atoms. The Bertz CT molecular complexity index is 1080. The van der Waals surface area contributed by atoms with Crippen LogP contribution in [0.15, 0.2) is 52.4 Å². The number of nitro benzene ring substituents is 1. The number of carbonyl (C=O) groups excluding carboxylic acids is 1. The maximum absolute atomic E-state index is 12.9. The lowest BCUT2D eigenvalue weighted by atomic mass is 10.1. The number of aryl methyl sites for hydroxylation is 1. The fraction of sp³-hybridized carbons (Fsp3) is 0.273. The molecule has 0 N–H and O–H groups in total. The Kier molecular flexibility index (Phi) is 6.06. The van der Waals surface area contributed by atoms with Crippen molar-refractivity contribution in [1.82, 2.24) is 4.90 Å². The van der Waals surface area contributed by atoms with Crippen molar-refractivity contribution in [3.8, 4) is 0 Å². The topological polar surface area (TPSA) is 88.3 Å². The molecule has 2 aliphatic heterocycles. The molecule has 0 radical (unpaired) electrons. The van der Waals surface area contributed by atoms with Crippen LogP contribution in [0.1, 0.15) is 11.1 Å². The molecule has 2 aromatic rings. The predicted molar refractivity (Wildman–Crippen MR) is 123 cm³/mol. The molecule has 1 amide bonds. The van der Waals surface area contributed by atoms with Gasteiger partial charge in [-0.1, -0.05) is 17.7 Å². The average Bonchev–Trinajstić information content (AvgIpc) is 3.03. The first-order valence-corrected chi connectivity index (χ1v) is 10.7. The van der Waals surface area contributed by atoms with E-state index in [1.165, 1.54) is 28.8 Å². The largest absolute Gasteiger partial charge is 0.378 e. The summed E-state index contributed by atoms with van der Waals surface area (Å²) in [6.45, 7) is 4.57. The number of aliphatic imine (C=N–C) groups is 1. The normalized spacial score (nSPS) is 19.5. The number of amides is 1. The van der Waals surface area contributed by atoms with E-state index in [2.05, 4.69) is 9.89 Å². The van der Waals surface area contributed by atoms with Gasteiger partial charge in [-0.2, -0.15) is 0 Å². The van der Waals surface area contributed by atoms with Crippen LogP contribution in [0.5, 0.6) is 0 Å². The van der Waals surface area contributed by atoms with Gasteiger partial charge in [0.15, 0.2) is 5.17 Å². The minimum absolute atomic E-state index is 0.0128. The van der Waals surface area contributed by atoms with Gasteiger partial charge in [0.25, 0.3) is 11.6 Å². The first-order valence-electron chi connectivity index (χ1n) is 9.86. The number of non-ortho nitro benzene ring substituents is 1. The van der Waals surface area contributed by atoms with E-state index in [0.29, 0.717) is 41.9 Å². The highest BCUT2D eigenvalue weighted by Gasteiger charge is 2.31. The van der Waals surface area contributed by atoms with Crippen LogP contribution in [0, 0.1) is 17.0 Å². The zero-order valence-electron chi connectivity index (χ0n) is 17.3. The number of carbonyl (C=O) groups is 1. The standard InChI is InChI=1S/C22H22N4O4S/c1-15-3-5-17(6-4-15)23-22-24(2)21(27)20(31-22)14-16-13-18(26(28)29)7-8-19(16)25-9-11-30-12-10-25/h3-8,13-14H,9-12H2,1-2H3/b20-14+,23-22?. The zero-order chi connectivity index (χ0) is 22.0. The highest BCUT2D eigenvalue weighted by atomic mass is 32.2. The third kappa shape index (κ3) is 4.62. The minimum atomic E-state index is -0.425. The molecule has 0 aliphatic carbocycles. The van der Waals surface area contributed by atoms with Crippen molar-refractivity contribution in [1.29, 1.82) is 0 Å². The Morgan fingerprint density at radius 1 is 1.16 bits per heavy atom.